The lowest BCUT2D eigenvalue weighted by Crippen LogP contribution is -2.12. The molecule has 0 saturated heterocycles. The predicted octanol–water partition coefficient (Wildman–Crippen LogP) is 3.49. The molecule has 2 aromatic rings. The van der Waals surface area contributed by atoms with E-state index in [0.717, 1.165) is 5.56 Å². The summed E-state index contributed by atoms with van der Waals surface area (Å²) in [7, 11) is 0. The van der Waals surface area contributed by atoms with E-state index < -0.39 is 5.97 Å². The van der Waals surface area contributed by atoms with Crippen molar-refractivity contribution in [2.24, 2.45) is 5.10 Å². The van der Waals surface area contributed by atoms with Gasteiger partial charge in [0.1, 0.15) is 6.61 Å². The summed E-state index contributed by atoms with van der Waals surface area (Å²) in [4.78, 5) is 21.8. The van der Waals surface area contributed by atoms with Crippen LogP contribution in [0.2, 0.25) is 5.02 Å². The topological polar surface area (TPSA) is 97.2 Å². The average Bonchev–Trinajstić information content (AvgIpc) is 2.61. The highest BCUT2D eigenvalue weighted by Gasteiger charge is 2.13. The largest absolute Gasteiger partial charge is 0.490 e. The molecule has 0 heterocycles. The Morgan fingerprint density at radius 1 is 1.22 bits per heavy atom. The van der Waals surface area contributed by atoms with E-state index in [1.165, 1.54) is 25.3 Å². The van der Waals surface area contributed by atoms with Gasteiger partial charge in [-0.05, 0) is 42.3 Å². The van der Waals surface area contributed by atoms with E-state index in [9.17, 15) is 9.59 Å². The van der Waals surface area contributed by atoms with Crippen molar-refractivity contribution < 1.29 is 24.2 Å². The average molecular weight is 391 g/mol. The maximum absolute atomic E-state index is 10.9. The van der Waals surface area contributed by atoms with E-state index in [0.29, 0.717) is 28.7 Å². The van der Waals surface area contributed by atoms with Gasteiger partial charge in [-0.1, -0.05) is 23.7 Å². The van der Waals surface area contributed by atoms with Crippen molar-refractivity contribution in [3.8, 4) is 11.5 Å². The molecule has 0 atom stereocenters. The van der Waals surface area contributed by atoms with Crippen LogP contribution in [-0.4, -0.2) is 29.8 Å². The summed E-state index contributed by atoms with van der Waals surface area (Å²) < 4.78 is 11.4. The third-order valence-corrected chi connectivity index (χ3v) is 3.63. The van der Waals surface area contributed by atoms with Crippen LogP contribution >= 0.6 is 11.6 Å². The second kappa shape index (κ2) is 9.59. The monoisotopic (exact) mass is 390 g/mol. The van der Waals surface area contributed by atoms with Crippen molar-refractivity contribution in [1.29, 1.82) is 0 Å². The number of carboxylic acid groups (broad SMARTS) is 1. The van der Waals surface area contributed by atoms with Gasteiger partial charge >= 0.3 is 5.97 Å². The van der Waals surface area contributed by atoms with Crippen molar-refractivity contribution in [3.63, 3.8) is 0 Å². The first kappa shape index (κ1) is 20.3. The van der Waals surface area contributed by atoms with Crippen molar-refractivity contribution in [3.05, 3.63) is 58.1 Å². The number of hydrogen-bond acceptors (Lipinski definition) is 5. The zero-order chi connectivity index (χ0) is 19.8. The number of nitrogens with zero attached hydrogens (tertiary/aromatic N) is 1. The van der Waals surface area contributed by atoms with Crippen LogP contribution in [0.15, 0.2) is 41.5 Å². The van der Waals surface area contributed by atoms with Crippen LogP contribution in [-0.2, 0) is 11.4 Å². The summed E-state index contributed by atoms with van der Waals surface area (Å²) >= 11 is 6.31. The highest BCUT2D eigenvalue weighted by Crippen LogP contribution is 2.37. The molecule has 0 aliphatic rings. The van der Waals surface area contributed by atoms with Crippen molar-refractivity contribution in [2.45, 2.75) is 20.5 Å². The summed E-state index contributed by atoms with van der Waals surface area (Å²) in [5.41, 5.74) is 3.94. The van der Waals surface area contributed by atoms with E-state index in [1.54, 1.807) is 24.3 Å². The highest BCUT2D eigenvalue weighted by atomic mass is 35.5. The van der Waals surface area contributed by atoms with Crippen LogP contribution in [0.3, 0.4) is 0 Å². The van der Waals surface area contributed by atoms with E-state index in [4.69, 9.17) is 26.2 Å². The summed E-state index contributed by atoms with van der Waals surface area (Å²) in [6.45, 7) is 3.79. The molecule has 0 fully saturated rings. The number of ether oxygens (including phenoxy) is 2. The number of benzene rings is 2. The molecule has 27 heavy (non-hydrogen) atoms. The molecule has 0 unspecified atom stereocenters. The molecule has 0 radical (unpaired) electrons. The second-order valence-corrected chi connectivity index (χ2v) is 5.89. The number of aromatic carboxylic acids is 1. The number of carbonyl (C=O) groups excluding carboxylic acids is 1. The first-order valence-corrected chi connectivity index (χ1v) is 8.49. The number of amides is 1. The number of rotatable bonds is 8. The lowest BCUT2D eigenvalue weighted by Gasteiger charge is -2.14. The standard InChI is InChI=1S/C19H19ClN2O5/c1-3-26-17-9-14(10-21-22-12(2)23)8-16(20)18(17)27-11-13-4-6-15(7-5-13)19(24)25/h4-10H,3,11H2,1-2H3,(H,22,23)(H,24,25)/b21-10-. The second-order valence-electron chi connectivity index (χ2n) is 5.48. The van der Waals surface area contributed by atoms with Gasteiger partial charge in [0.2, 0.25) is 5.91 Å². The smallest absolute Gasteiger partial charge is 0.335 e. The lowest BCUT2D eigenvalue weighted by molar-refractivity contribution is -0.118. The molecule has 0 spiro atoms. The minimum atomic E-state index is -0.985. The summed E-state index contributed by atoms with van der Waals surface area (Å²) in [6.07, 6.45) is 1.45. The minimum absolute atomic E-state index is 0.193. The van der Waals surface area contributed by atoms with Crippen molar-refractivity contribution >= 4 is 29.7 Å². The Bertz CT molecular complexity index is 850. The number of carbonyl (C=O) groups is 2. The molecule has 1 amide bonds. The lowest BCUT2D eigenvalue weighted by atomic mass is 10.1. The zero-order valence-corrected chi connectivity index (χ0v) is 15.6. The van der Waals surface area contributed by atoms with Gasteiger partial charge in [-0.3, -0.25) is 4.79 Å². The summed E-state index contributed by atoms with van der Waals surface area (Å²) in [5, 5.41) is 13.1. The van der Waals surface area contributed by atoms with Crippen LogP contribution in [0.1, 0.15) is 35.3 Å². The molecular weight excluding hydrogens is 372 g/mol. The fraction of sp³-hybridized carbons (Fsp3) is 0.211. The molecule has 0 bridgehead atoms. The number of nitrogens with one attached hydrogen (secondary N) is 1. The Morgan fingerprint density at radius 3 is 2.52 bits per heavy atom. The van der Waals surface area contributed by atoms with Crippen LogP contribution in [0.4, 0.5) is 0 Å². The van der Waals surface area contributed by atoms with Gasteiger partial charge in [0, 0.05) is 6.92 Å². The third kappa shape index (κ3) is 6.00. The maximum Gasteiger partial charge on any atom is 0.335 e. The van der Waals surface area contributed by atoms with Gasteiger partial charge in [-0.25, -0.2) is 10.2 Å². The summed E-state index contributed by atoms with van der Waals surface area (Å²) in [6, 6.07) is 9.70. The molecule has 2 aromatic carbocycles. The van der Waals surface area contributed by atoms with Gasteiger partial charge in [-0.15, -0.1) is 0 Å². The molecule has 8 heteroatoms. The Labute approximate surface area is 161 Å². The number of halogens is 1. The Hall–Kier alpha value is -3.06. The first-order valence-electron chi connectivity index (χ1n) is 8.11. The predicted molar refractivity (Wildman–Crippen MR) is 102 cm³/mol. The number of hydrogen-bond donors (Lipinski definition) is 2. The molecular formula is C19H19ClN2O5. The van der Waals surface area contributed by atoms with Crippen molar-refractivity contribution in [1.82, 2.24) is 5.43 Å². The van der Waals surface area contributed by atoms with Gasteiger partial charge in [-0.2, -0.15) is 5.10 Å². The Kier molecular flexibility index (Phi) is 7.19. The maximum atomic E-state index is 10.9. The molecule has 2 rings (SSSR count). The third-order valence-electron chi connectivity index (χ3n) is 3.35. The van der Waals surface area contributed by atoms with Crippen molar-refractivity contribution in [2.75, 3.05) is 6.61 Å². The fourth-order valence-corrected chi connectivity index (χ4v) is 2.44. The van der Waals surface area contributed by atoms with Gasteiger partial charge in [0.15, 0.2) is 11.5 Å². The van der Waals surface area contributed by atoms with Crippen LogP contribution < -0.4 is 14.9 Å². The quantitative estimate of drug-likeness (QED) is 0.531. The number of hydrazone groups is 1. The fourth-order valence-electron chi connectivity index (χ4n) is 2.16. The Balaban J connectivity index is 2.18. The van der Waals surface area contributed by atoms with Crippen LogP contribution in [0.25, 0.3) is 0 Å². The SMILES string of the molecule is CCOc1cc(/C=N\NC(C)=O)cc(Cl)c1OCc1ccc(C(=O)O)cc1. The van der Waals surface area contributed by atoms with E-state index >= 15 is 0 Å². The molecule has 0 aliphatic carbocycles. The van der Waals surface area contributed by atoms with Gasteiger partial charge in [0.25, 0.3) is 0 Å². The molecule has 0 aromatic heterocycles. The first-order chi connectivity index (χ1) is 12.9. The van der Waals surface area contributed by atoms with Crippen LogP contribution in [0.5, 0.6) is 11.5 Å². The van der Waals surface area contributed by atoms with E-state index in [-0.39, 0.29) is 18.1 Å². The van der Waals surface area contributed by atoms with Crippen LogP contribution in [0, 0.1) is 0 Å². The minimum Gasteiger partial charge on any atom is -0.490 e. The summed E-state index contributed by atoms with van der Waals surface area (Å²) in [5.74, 6) is -0.453. The van der Waals surface area contributed by atoms with E-state index in [2.05, 4.69) is 10.5 Å². The van der Waals surface area contributed by atoms with E-state index in [1.807, 2.05) is 6.92 Å². The molecule has 142 valence electrons. The molecule has 0 saturated carbocycles. The zero-order valence-electron chi connectivity index (χ0n) is 14.9. The molecule has 0 aliphatic heterocycles. The molecule has 2 N–H and O–H groups in total. The number of carboxylic acids is 1. The normalized spacial score (nSPS) is 10.6. The molecule has 7 nitrogen and oxygen atoms in total. The van der Waals surface area contributed by atoms with Gasteiger partial charge in [0.05, 0.1) is 23.4 Å². The highest BCUT2D eigenvalue weighted by molar-refractivity contribution is 6.32. The van der Waals surface area contributed by atoms with Gasteiger partial charge < -0.3 is 14.6 Å². The Morgan fingerprint density at radius 2 is 1.93 bits per heavy atom.